The van der Waals surface area contributed by atoms with Crippen molar-refractivity contribution in [3.05, 3.63) is 84.2 Å². The number of amides is 1. The number of carbonyl (C=O) groups excluding carboxylic acids is 1. The Balaban J connectivity index is 1.22. The summed E-state index contributed by atoms with van der Waals surface area (Å²) in [5.41, 5.74) is 5.81. The lowest BCUT2D eigenvalue weighted by Gasteiger charge is -2.26. The lowest BCUT2D eigenvalue weighted by atomic mass is 10.1. The molecule has 1 saturated heterocycles. The van der Waals surface area contributed by atoms with Crippen LogP contribution in [0.25, 0.3) is 17.1 Å². The van der Waals surface area contributed by atoms with Crippen LogP contribution < -0.4 is 19.8 Å². The van der Waals surface area contributed by atoms with Crippen LogP contribution in [0.1, 0.15) is 31.9 Å². The van der Waals surface area contributed by atoms with E-state index >= 15 is 0 Å². The number of hydrogen-bond acceptors (Lipinski definition) is 8. The van der Waals surface area contributed by atoms with Crippen molar-refractivity contribution < 1.29 is 27.4 Å². The van der Waals surface area contributed by atoms with E-state index in [9.17, 15) is 18.0 Å². The number of ether oxygens (including phenoxy) is 2. The second-order valence-electron chi connectivity index (χ2n) is 10.9. The third kappa shape index (κ3) is 8.48. The molecule has 46 heavy (non-hydrogen) atoms. The van der Waals surface area contributed by atoms with E-state index in [2.05, 4.69) is 30.3 Å². The van der Waals surface area contributed by atoms with Gasteiger partial charge in [0.2, 0.25) is 11.0 Å². The van der Waals surface area contributed by atoms with Gasteiger partial charge in [-0.25, -0.2) is 9.67 Å². The number of nitrogens with zero attached hydrogens (tertiary/aromatic N) is 6. The number of alkyl halides is 3. The predicted molar refractivity (Wildman–Crippen MR) is 176 cm³/mol. The van der Waals surface area contributed by atoms with Crippen LogP contribution in [0.2, 0.25) is 0 Å². The number of nitrogens with one attached hydrogen (secondary N) is 1. The fourth-order valence-corrected chi connectivity index (χ4v) is 5.28. The van der Waals surface area contributed by atoms with Crippen LogP contribution in [-0.2, 0) is 4.79 Å². The van der Waals surface area contributed by atoms with E-state index < -0.39 is 12.0 Å². The Hall–Kier alpha value is -4.76. The first-order chi connectivity index (χ1) is 21.7. The Morgan fingerprint density at radius 2 is 1.76 bits per heavy atom. The molecule has 0 atom stereocenters. The molecule has 0 aliphatic carbocycles. The van der Waals surface area contributed by atoms with Gasteiger partial charge in [-0.3, -0.25) is 15.1 Å². The van der Waals surface area contributed by atoms with E-state index in [4.69, 9.17) is 17.0 Å². The molecular weight excluding hydrogens is 640 g/mol. The summed E-state index contributed by atoms with van der Waals surface area (Å²) in [6.07, 6.45) is -1.74. The van der Waals surface area contributed by atoms with Crippen LogP contribution in [0.4, 0.5) is 18.9 Å². The van der Waals surface area contributed by atoms with E-state index in [-0.39, 0.29) is 22.5 Å². The van der Waals surface area contributed by atoms with E-state index in [0.717, 1.165) is 16.7 Å². The van der Waals surface area contributed by atoms with Gasteiger partial charge in [-0.2, -0.15) is 10.1 Å². The normalized spacial score (nSPS) is 14.7. The molecule has 1 N–H and O–H groups in total. The molecule has 1 aliphatic rings. The number of benzene rings is 3. The van der Waals surface area contributed by atoms with Gasteiger partial charge in [-0.15, -0.1) is 18.3 Å². The highest BCUT2D eigenvalue weighted by atomic mass is 32.2. The molecule has 1 aliphatic heterocycles. The highest BCUT2D eigenvalue weighted by Crippen LogP contribution is 2.37. The maximum atomic E-state index is 12.9. The number of aliphatic imine (C=N–C) groups is 1. The number of thioether (sulfide) groups is 1. The second-order valence-corrected chi connectivity index (χ2v) is 12.3. The van der Waals surface area contributed by atoms with Gasteiger partial charge in [0, 0.05) is 5.56 Å². The fourth-order valence-electron chi connectivity index (χ4n) is 4.21. The summed E-state index contributed by atoms with van der Waals surface area (Å²) < 4.78 is 48.7. The van der Waals surface area contributed by atoms with Crippen LogP contribution in [0, 0.1) is 6.92 Å². The van der Waals surface area contributed by atoms with Gasteiger partial charge in [0.15, 0.2) is 11.0 Å². The van der Waals surface area contributed by atoms with Gasteiger partial charge >= 0.3 is 6.36 Å². The first-order valence-electron chi connectivity index (χ1n) is 13.8. The number of amidine groups is 1. The number of thiocarbonyl (C=S) groups is 1. The first kappa shape index (κ1) is 32.6. The number of aryl methyl sites for hydroxylation is 1. The second kappa shape index (κ2) is 13.3. The molecule has 3 aromatic carbocycles. The van der Waals surface area contributed by atoms with Crippen molar-refractivity contribution in [1.29, 1.82) is 0 Å². The molecule has 0 spiro atoms. The summed E-state index contributed by atoms with van der Waals surface area (Å²) in [5, 5.41) is 9.08. The predicted octanol–water partition coefficient (Wildman–Crippen LogP) is 6.66. The number of halogens is 3. The average Bonchev–Trinajstić information content (AvgIpc) is 3.60. The molecule has 0 saturated carbocycles. The number of carbonyl (C=O) groups is 1. The maximum absolute atomic E-state index is 12.9. The van der Waals surface area contributed by atoms with Crippen molar-refractivity contribution >= 4 is 52.1 Å². The molecule has 4 aromatic rings. The van der Waals surface area contributed by atoms with Crippen molar-refractivity contribution in [2.75, 3.05) is 10.7 Å². The molecule has 0 unspecified atom stereocenters. The third-order valence-electron chi connectivity index (χ3n) is 6.10. The Morgan fingerprint density at radius 3 is 2.43 bits per heavy atom. The molecule has 2 heterocycles. The number of hydrazone groups is 1. The summed E-state index contributed by atoms with van der Waals surface area (Å²) in [6, 6.07) is 18.2. The first-order valence-corrected chi connectivity index (χ1v) is 15.2. The summed E-state index contributed by atoms with van der Waals surface area (Å²) >= 11 is 6.66. The highest BCUT2D eigenvalue weighted by molar-refractivity contribution is 8.15. The molecule has 1 amide bonds. The van der Waals surface area contributed by atoms with Crippen molar-refractivity contribution in [3.63, 3.8) is 0 Å². The van der Waals surface area contributed by atoms with Crippen molar-refractivity contribution in [3.8, 4) is 28.6 Å². The summed E-state index contributed by atoms with van der Waals surface area (Å²) in [6.45, 7) is 7.75. The zero-order chi connectivity index (χ0) is 33.1. The van der Waals surface area contributed by atoms with E-state index in [1.807, 2.05) is 45.9 Å². The SMILES string of the molecule is Cc1ccc(OC(C)(C)C)c(N2C(=O)CSC2=NC(=S)N/N=C/c2ccc(-c3ncn(-c4ccc(OC(F)(F)F)cc4)n3)cc2)c1. The van der Waals surface area contributed by atoms with Crippen LogP contribution in [0.3, 0.4) is 0 Å². The van der Waals surface area contributed by atoms with Gasteiger partial charge in [-0.05, 0) is 87.4 Å². The monoisotopic (exact) mass is 667 g/mol. The molecule has 5 rings (SSSR count). The van der Waals surface area contributed by atoms with E-state index in [1.54, 1.807) is 30.5 Å². The number of anilines is 1. The van der Waals surface area contributed by atoms with Gasteiger partial charge in [-0.1, -0.05) is 42.1 Å². The quantitative estimate of drug-likeness (QED) is 0.133. The van der Waals surface area contributed by atoms with Crippen LogP contribution in [0.15, 0.2) is 83.2 Å². The summed E-state index contributed by atoms with van der Waals surface area (Å²) in [5.74, 6) is 0.751. The van der Waals surface area contributed by atoms with Gasteiger partial charge in [0.1, 0.15) is 23.4 Å². The van der Waals surface area contributed by atoms with Crippen molar-refractivity contribution in [1.82, 2.24) is 20.2 Å². The molecular formula is C31H28F3N7O3S2. The third-order valence-corrected chi connectivity index (χ3v) is 7.21. The smallest absolute Gasteiger partial charge is 0.486 e. The lowest BCUT2D eigenvalue weighted by molar-refractivity contribution is -0.274. The molecule has 1 aromatic heterocycles. The molecule has 1 fully saturated rings. The Labute approximate surface area is 272 Å². The van der Waals surface area contributed by atoms with Crippen LogP contribution >= 0.6 is 24.0 Å². The van der Waals surface area contributed by atoms with E-state index in [0.29, 0.717) is 28.1 Å². The van der Waals surface area contributed by atoms with Crippen molar-refractivity contribution in [2.45, 2.75) is 39.7 Å². The summed E-state index contributed by atoms with van der Waals surface area (Å²) in [7, 11) is 0. The standard InChI is InChI=1S/C31H28F3N7O3S2/c1-19-5-14-25(44-30(2,3)4)24(15-19)41-26(42)17-46-29(41)37-28(45)38-36-16-20-6-8-21(9-7-20)27-35-18-40(39-27)22-10-12-23(13-11-22)43-31(32,33)34/h5-16,18H,17H2,1-4H3,(H,38,45)/b36-16+,37-29?. The lowest BCUT2D eigenvalue weighted by Crippen LogP contribution is -2.32. The molecule has 0 radical (unpaired) electrons. The maximum Gasteiger partial charge on any atom is 0.573 e. The van der Waals surface area contributed by atoms with Crippen LogP contribution in [0.5, 0.6) is 11.5 Å². The van der Waals surface area contributed by atoms with Gasteiger partial charge in [0.05, 0.1) is 23.3 Å². The molecule has 0 bridgehead atoms. The van der Waals surface area contributed by atoms with Crippen LogP contribution in [-0.4, -0.2) is 54.9 Å². The van der Waals surface area contributed by atoms with Crippen molar-refractivity contribution in [2.24, 2.45) is 10.1 Å². The Bertz CT molecular complexity index is 1800. The Morgan fingerprint density at radius 1 is 1.04 bits per heavy atom. The largest absolute Gasteiger partial charge is 0.573 e. The minimum absolute atomic E-state index is 0.0776. The topological polar surface area (TPSA) is 106 Å². The minimum atomic E-state index is -4.76. The number of hydrogen-bond donors (Lipinski definition) is 1. The average molecular weight is 668 g/mol. The van der Waals surface area contributed by atoms with E-state index in [1.165, 1.54) is 51.9 Å². The minimum Gasteiger partial charge on any atom is -0.486 e. The zero-order valence-corrected chi connectivity index (χ0v) is 26.7. The van der Waals surface area contributed by atoms with Gasteiger partial charge in [0.25, 0.3) is 0 Å². The molecule has 15 heteroatoms. The fraction of sp³-hybridized carbons (Fsp3) is 0.226. The number of aromatic nitrogens is 3. The highest BCUT2D eigenvalue weighted by Gasteiger charge is 2.33. The van der Waals surface area contributed by atoms with Gasteiger partial charge < -0.3 is 9.47 Å². The number of rotatable bonds is 7. The zero-order valence-electron chi connectivity index (χ0n) is 25.1. The Kier molecular flexibility index (Phi) is 9.44. The molecule has 10 nitrogen and oxygen atoms in total. The molecule has 238 valence electrons. The summed E-state index contributed by atoms with van der Waals surface area (Å²) in [4.78, 5) is 23.1.